The maximum atomic E-state index is 4.62. The van der Waals surface area contributed by atoms with Crippen LogP contribution in [0.25, 0.3) is 0 Å². The maximum absolute atomic E-state index is 4.62. The fraction of sp³-hybridized carbons (Fsp3) is 0.412. The van der Waals surface area contributed by atoms with Crippen LogP contribution in [-0.2, 0) is 6.54 Å². The van der Waals surface area contributed by atoms with Gasteiger partial charge in [-0.15, -0.1) is 0 Å². The topological polar surface area (TPSA) is 41.1 Å². The van der Waals surface area contributed by atoms with Crippen LogP contribution in [0.15, 0.2) is 30.3 Å². The molecule has 0 radical (unpaired) electrons. The maximum Gasteiger partial charge on any atom is 0.227 e. The number of hydrogen-bond acceptors (Lipinski definition) is 4. The molecule has 0 fully saturated rings. The van der Waals surface area contributed by atoms with E-state index in [0.717, 1.165) is 37.1 Å². The highest BCUT2D eigenvalue weighted by Gasteiger charge is 2.08. The molecular weight excluding hydrogens is 260 g/mol. The number of rotatable bonds is 6. The number of nitrogens with one attached hydrogen (secondary N) is 1. The molecule has 0 aliphatic heterocycles. The molecule has 0 unspecified atom stereocenters. The van der Waals surface area contributed by atoms with Gasteiger partial charge in [0, 0.05) is 31.4 Å². The molecule has 112 valence electrons. The van der Waals surface area contributed by atoms with Crippen LogP contribution in [0.1, 0.15) is 30.7 Å². The van der Waals surface area contributed by atoms with E-state index in [-0.39, 0.29) is 0 Å². The Kier molecular flexibility index (Phi) is 5.14. The van der Waals surface area contributed by atoms with E-state index in [4.69, 9.17) is 0 Å². The van der Waals surface area contributed by atoms with Crippen molar-refractivity contribution in [3.05, 3.63) is 47.2 Å². The molecular formula is C17H24N4. The fourth-order valence-electron chi connectivity index (χ4n) is 2.29. The summed E-state index contributed by atoms with van der Waals surface area (Å²) in [6.07, 6.45) is 0. The van der Waals surface area contributed by atoms with Gasteiger partial charge in [0.1, 0.15) is 5.82 Å². The van der Waals surface area contributed by atoms with Crippen molar-refractivity contribution in [2.45, 2.75) is 34.2 Å². The predicted octanol–water partition coefficient (Wildman–Crippen LogP) is 3.55. The van der Waals surface area contributed by atoms with Crippen molar-refractivity contribution >= 4 is 11.8 Å². The lowest BCUT2D eigenvalue weighted by Gasteiger charge is -2.19. The van der Waals surface area contributed by atoms with Crippen molar-refractivity contribution in [2.75, 3.05) is 23.3 Å². The minimum Gasteiger partial charge on any atom is -0.366 e. The number of aromatic nitrogens is 2. The lowest BCUT2D eigenvalue weighted by molar-refractivity contribution is 0.816. The second-order valence-electron chi connectivity index (χ2n) is 5.15. The molecule has 2 rings (SSSR count). The number of anilines is 2. The third-order valence-corrected chi connectivity index (χ3v) is 3.61. The Balaban J connectivity index is 2.15. The summed E-state index contributed by atoms with van der Waals surface area (Å²) in [6, 6.07) is 10.4. The molecule has 0 bridgehead atoms. The number of aryl methyl sites for hydroxylation is 2. The first-order valence-electron chi connectivity index (χ1n) is 7.53. The van der Waals surface area contributed by atoms with Gasteiger partial charge >= 0.3 is 0 Å². The van der Waals surface area contributed by atoms with E-state index in [2.05, 4.69) is 65.2 Å². The van der Waals surface area contributed by atoms with Crippen LogP contribution in [0.5, 0.6) is 0 Å². The van der Waals surface area contributed by atoms with Crippen LogP contribution in [0, 0.1) is 13.8 Å². The minimum absolute atomic E-state index is 0.779. The second kappa shape index (κ2) is 7.07. The highest BCUT2D eigenvalue weighted by atomic mass is 15.3. The molecule has 0 amide bonds. The number of benzene rings is 1. The van der Waals surface area contributed by atoms with Gasteiger partial charge in [0.05, 0.1) is 0 Å². The molecule has 4 heteroatoms. The van der Waals surface area contributed by atoms with Crippen LogP contribution in [0.4, 0.5) is 11.8 Å². The molecule has 1 heterocycles. The van der Waals surface area contributed by atoms with Crippen molar-refractivity contribution in [2.24, 2.45) is 0 Å². The molecule has 0 atom stereocenters. The largest absolute Gasteiger partial charge is 0.366 e. The third-order valence-electron chi connectivity index (χ3n) is 3.61. The lowest BCUT2D eigenvalue weighted by atomic mass is 10.1. The molecule has 0 aliphatic carbocycles. The standard InChI is InChI=1S/C17H24N4/c1-5-21(6-2)17-19-14(4)11-16(20-17)18-12-15-10-8-7-9-13(15)3/h7-11H,5-6,12H2,1-4H3,(H,18,19,20). The summed E-state index contributed by atoms with van der Waals surface area (Å²) in [5.41, 5.74) is 3.57. The van der Waals surface area contributed by atoms with Gasteiger partial charge in [0.25, 0.3) is 0 Å². The van der Waals surface area contributed by atoms with Crippen molar-refractivity contribution in [3.8, 4) is 0 Å². The van der Waals surface area contributed by atoms with E-state index < -0.39 is 0 Å². The molecule has 0 aliphatic rings. The van der Waals surface area contributed by atoms with E-state index in [9.17, 15) is 0 Å². The van der Waals surface area contributed by atoms with E-state index >= 15 is 0 Å². The molecule has 1 aromatic carbocycles. The Morgan fingerprint density at radius 3 is 2.43 bits per heavy atom. The SMILES string of the molecule is CCN(CC)c1nc(C)cc(NCc2ccccc2C)n1. The monoisotopic (exact) mass is 284 g/mol. The first-order chi connectivity index (χ1) is 10.1. The Bertz CT molecular complexity index is 591. The van der Waals surface area contributed by atoms with Gasteiger partial charge in [-0.25, -0.2) is 4.98 Å². The minimum atomic E-state index is 0.779. The van der Waals surface area contributed by atoms with Crippen LogP contribution < -0.4 is 10.2 Å². The summed E-state index contributed by atoms with van der Waals surface area (Å²) in [5, 5.41) is 3.41. The predicted molar refractivity (Wildman–Crippen MR) is 88.8 cm³/mol. The summed E-state index contributed by atoms with van der Waals surface area (Å²) in [6.45, 7) is 11.0. The zero-order valence-electron chi connectivity index (χ0n) is 13.3. The van der Waals surface area contributed by atoms with Gasteiger partial charge in [0.2, 0.25) is 5.95 Å². The van der Waals surface area contributed by atoms with Gasteiger partial charge in [-0.1, -0.05) is 24.3 Å². The summed E-state index contributed by atoms with van der Waals surface area (Å²) in [4.78, 5) is 11.3. The van der Waals surface area contributed by atoms with Gasteiger partial charge in [-0.3, -0.25) is 0 Å². The molecule has 0 saturated heterocycles. The number of hydrogen-bond donors (Lipinski definition) is 1. The third kappa shape index (κ3) is 3.94. The van der Waals surface area contributed by atoms with Crippen LogP contribution in [0.2, 0.25) is 0 Å². The smallest absolute Gasteiger partial charge is 0.227 e. The summed E-state index contributed by atoms with van der Waals surface area (Å²) in [5.74, 6) is 1.68. The van der Waals surface area contributed by atoms with Crippen LogP contribution in [0.3, 0.4) is 0 Å². The van der Waals surface area contributed by atoms with Crippen LogP contribution >= 0.6 is 0 Å². The first-order valence-corrected chi connectivity index (χ1v) is 7.53. The molecule has 1 N–H and O–H groups in total. The number of nitrogens with zero attached hydrogens (tertiary/aromatic N) is 3. The summed E-state index contributed by atoms with van der Waals surface area (Å²) in [7, 11) is 0. The average Bonchev–Trinajstić information content (AvgIpc) is 2.47. The second-order valence-corrected chi connectivity index (χ2v) is 5.15. The Hall–Kier alpha value is -2.10. The molecule has 1 aromatic heterocycles. The summed E-state index contributed by atoms with van der Waals surface area (Å²) >= 11 is 0. The Morgan fingerprint density at radius 2 is 1.76 bits per heavy atom. The van der Waals surface area contributed by atoms with Gasteiger partial charge < -0.3 is 10.2 Å². The zero-order valence-corrected chi connectivity index (χ0v) is 13.3. The fourth-order valence-corrected chi connectivity index (χ4v) is 2.29. The lowest BCUT2D eigenvalue weighted by Crippen LogP contribution is -2.24. The molecule has 4 nitrogen and oxygen atoms in total. The van der Waals surface area contributed by atoms with Gasteiger partial charge in [-0.2, -0.15) is 4.98 Å². The first kappa shape index (κ1) is 15.3. The molecule has 21 heavy (non-hydrogen) atoms. The van der Waals surface area contributed by atoms with E-state index in [0.29, 0.717) is 0 Å². The molecule has 0 saturated carbocycles. The van der Waals surface area contributed by atoms with E-state index in [1.54, 1.807) is 0 Å². The van der Waals surface area contributed by atoms with Gasteiger partial charge in [-0.05, 0) is 38.8 Å². The average molecular weight is 284 g/mol. The quantitative estimate of drug-likeness (QED) is 0.880. The Morgan fingerprint density at radius 1 is 1.05 bits per heavy atom. The summed E-state index contributed by atoms with van der Waals surface area (Å²) < 4.78 is 0. The zero-order chi connectivity index (χ0) is 15.2. The van der Waals surface area contributed by atoms with Crippen molar-refractivity contribution in [1.29, 1.82) is 0 Å². The molecule has 2 aromatic rings. The van der Waals surface area contributed by atoms with Crippen molar-refractivity contribution in [3.63, 3.8) is 0 Å². The Labute approximate surface area is 127 Å². The van der Waals surface area contributed by atoms with Gasteiger partial charge in [0.15, 0.2) is 0 Å². The van der Waals surface area contributed by atoms with E-state index in [1.165, 1.54) is 11.1 Å². The van der Waals surface area contributed by atoms with Crippen molar-refractivity contribution in [1.82, 2.24) is 9.97 Å². The normalized spacial score (nSPS) is 10.5. The van der Waals surface area contributed by atoms with Crippen molar-refractivity contribution < 1.29 is 0 Å². The van der Waals surface area contributed by atoms with E-state index in [1.807, 2.05) is 13.0 Å². The highest BCUT2D eigenvalue weighted by molar-refractivity contribution is 5.44. The van der Waals surface area contributed by atoms with Crippen LogP contribution in [-0.4, -0.2) is 23.1 Å². The molecule has 0 spiro atoms. The highest BCUT2D eigenvalue weighted by Crippen LogP contribution is 2.15.